The minimum atomic E-state index is -5.12. The van der Waals surface area contributed by atoms with Gasteiger partial charge < -0.3 is 9.47 Å². The lowest BCUT2D eigenvalue weighted by atomic mass is 9.67. The molecule has 0 aromatic heterocycles. The first-order valence-corrected chi connectivity index (χ1v) is 10.6. The van der Waals surface area contributed by atoms with Crippen molar-refractivity contribution in [3.05, 3.63) is 58.1 Å². The van der Waals surface area contributed by atoms with Crippen LogP contribution in [0.15, 0.2) is 36.4 Å². The fourth-order valence-corrected chi connectivity index (χ4v) is 4.56. The summed E-state index contributed by atoms with van der Waals surface area (Å²) in [6, 6.07) is 9.04. The number of methoxy groups -OCH3 is 1. The molecule has 0 bridgehead atoms. The van der Waals surface area contributed by atoms with E-state index in [4.69, 9.17) is 21.1 Å². The van der Waals surface area contributed by atoms with Crippen molar-refractivity contribution in [1.82, 2.24) is 0 Å². The van der Waals surface area contributed by atoms with Crippen LogP contribution in [-0.2, 0) is 16.1 Å². The van der Waals surface area contributed by atoms with Crippen LogP contribution < -0.4 is 9.64 Å². The van der Waals surface area contributed by atoms with Gasteiger partial charge in [-0.3, -0.25) is 9.69 Å². The minimum absolute atomic E-state index is 0.0149. The Morgan fingerprint density at radius 1 is 1.12 bits per heavy atom. The van der Waals surface area contributed by atoms with Crippen LogP contribution in [0.25, 0.3) is 0 Å². The molecule has 0 spiro atoms. The van der Waals surface area contributed by atoms with E-state index < -0.39 is 18.1 Å². The lowest BCUT2D eigenvalue weighted by Gasteiger charge is -2.38. The van der Waals surface area contributed by atoms with Gasteiger partial charge in [-0.05, 0) is 72.6 Å². The largest absolute Gasteiger partial charge is 0.491 e. The van der Waals surface area contributed by atoms with Crippen LogP contribution in [0, 0.1) is 5.92 Å². The van der Waals surface area contributed by atoms with Crippen molar-refractivity contribution in [2.45, 2.75) is 37.9 Å². The molecule has 170 valence electrons. The van der Waals surface area contributed by atoms with Gasteiger partial charge in [-0.25, -0.2) is 4.79 Å². The Morgan fingerprint density at radius 3 is 2.56 bits per heavy atom. The van der Waals surface area contributed by atoms with E-state index in [9.17, 15) is 22.8 Å². The third-order valence-electron chi connectivity index (χ3n) is 6.16. The van der Waals surface area contributed by atoms with Crippen LogP contribution >= 0.6 is 11.6 Å². The van der Waals surface area contributed by atoms with Gasteiger partial charge in [0.1, 0.15) is 5.75 Å². The zero-order chi connectivity index (χ0) is 23.0. The summed E-state index contributed by atoms with van der Waals surface area (Å²) in [5.41, 5.74) is 1.31. The quantitative estimate of drug-likeness (QED) is 0.520. The molecule has 0 saturated heterocycles. The van der Waals surface area contributed by atoms with E-state index >= 15 is 0 Å². The van der Waals surface area contributed by atoms with Crippen molar-refractivity contribution in [3.8, 4) is 5.75 Å². The molecular weight excluding hydrogens is 447 g/mol. The molecule has 4 rings (SSSR count). The number of fused-ring (bicyclic) bond motifs is 4. The van der Waals surface area contributed by atoms with E-state index in [1.54, 1.807) is 18.2 Å². The Labute approximate surface area is 188 Å². The monoisotopic (exact) mass is 467 g/mol. The lowest BCUT2D eigenvalue weighted by molar-refractivity contribution is -0.170. The zero-order valence-corrected chi connectivity index (χ0v) is 18.0. The van der Waals surface area contributed by atoms with Crippen molar-refractivity contribution >= 4 is 29.2 Å². The molecule has 2 aromatic carbocycles. The summed E-state index contributed by atoms with van der Waals surface area (Å²) in [5, 5.41) is 0.489. The third kappa shape index (κ3) is 4.28. The maximum Gasteiger partial charge on any atom is 0.471 e. The predicted molar refractivity (Wildman–Crippen MR) is 112 cm³/mol. The van der Waals surface area contributed by atoms with Crippen LogP contribution in [0.4, 0.5) is 18.9 Å². The Bertz CT molecular complexity index is 1060. The number of esters is 1. The van der Waals surface area contributed by atoms with Gasteiger partial charge in [-0.1, -0.05) is 17.7 Å². The molecule has 1 fully saturated rings. The van der Waals surface area contributed by atoms with E-state index in [-0.39, 0.29) is 36.1 Å². The van der Waals surface area contributed by atoms with Gasteiger partial charge in [0.25, 0.3) is 0 Å². The highest BCUT2D eigenvalue weighted by atomic mass is 35.5. The van der Waals surface area contributed by atoms with Gasteiger partial charge >= 0.3 is 18.1 Å². The van der Waals surface area contributed by atoms with Crippen LogP contribution in [0.2, 0.25) is 5.02 Å². The second-order valence-corrected chi connectivity index (χ2v) is 8.42. The summed E-state index contributed by atoms with van der Waals surface area (Å²) in [4.78, 5) is 25.2. The van der Waals surface area contributed by atoms with Gasteiger partial charge in [-0.2, -0.15) is 13.2 Å². The average molecular weight is 468 g/mol. The average Bonchev–Trinajstić information content (AvgIpc) is 2.75. The molecule has 2 aliphatic rings. The number of anilines is 1. The number of carbonyl (C=O) groups is 2. The normalized spacial score (nSPS) is 20.5. The fraction of sp³-hybridized carbons (Fsp3) is 0.391. The molecule has 0 N–H and O–H groups in total. The number of nitrogens with zero attached hydrogens (tertiary/aromatic N) is 1. The maximum atomic E-state index is 13.6. The van der Waals surface area contributed by atoms with Gasteiger partial charge in [0.05, 0.1) is 31.5 Å². The van der Waals surface area contributed by atoms with Crippen molar-refractivity contribution in [3.63, 3.8) is 0 Å². The fourth-order valence-electron chi connectivity index (χ4n) is 4.38. The minimum Gasteiger partial charge on any atom is -0.491 e. The summed E-state index contributed by atoms with van der Waals surface area (Å²) >= 11 is 6.20. The first-order valence-electron chi connectivity index (χ1n) is 10.2. The third-order valence-corrected chi connectivity index (χ3v) is 6.39. The van der Waals surface area contributed by atoms with Gasteiger partial charge in [0.15, 0.2) is 0 Å². The number of halogens is 4. The van der Waals surface area contributed by atoms with Crippen molar-refractivity contribution in [2.24, 2.45) is 5.92 Å². The number of carbonyl (C=O) groups excluding carboxylic acids is 2. The lowest BCUT2D eigenvalue weighted by Crippen LogP contribution is -2.41. The van der Waals surface area contributed by atoms with E-state index in [0.717, 1.165) is 18.4 Å². The van der Waals surface area contributed by atoms with Crippen molar-refractivity contribution < 1.29 is 32.2 Å². The Hall–Kier alpha value is -2.74. The summed E-state index contributed by atoms with van der Waals surface area (Å²) < 4.78 is 51.3. The Kier molecular flexibility index (Phi) is 6.07. The number of alkyl halides is 3. The molecule has 1 amide bonds. The summed E-state index contributed by atoms with van der Waals surface area (Å²) in [6.07, 6.45) is -2.53. The number of ether oxygens (including phenoxy) is 2. The van der Waals surface area contributed by atoms with Crippen LogP contribution in [-0.4, -0.2) is 31.8 Å². The molecule has 1 saturated carbocycles. The molecule has 32 heavy (non-hydrogen) atoms. The van der Waals surface area contributed by atoms with E-state index in [1.807, 2.05) is 0 Å². The van der Waals surface area contributed by atoms with E-state index in [1.165, 1.54) is 25.3 Å². The number of amides is 1. The number of rotatable bonds is 1. The molecule has 0 radical (unpaired) electrons. The molecule has 1 heterocycles. The molecular formula is C23H21ClF3NO4. The Morgan fingerprint density at radius 2 is 1.91 bits per heavy atom. The highest BCUT2D eigenvalue weighted by Crippen LogP contribution is 2.47. The predicted octanol–water partition coefficient (Wildman–Crippen LogP) is 5.50. The van der Waals surface area contributed by atoms with Gasteiger partial charge in [-0.15, -0.1) is 0 Å². The van der Waals surface area contributed by atoms with Crippen LogP contribution in [0.3, 0.4) is 0 Å². The molecule has 5 nitrogen and oxygen atoms in total. The molecule has 1 aliphatic carbocycles. The molecule has 1 unspecified atom stereocenters. The zero-order valence-electron chi connectivity index (χ0n) is 17.2. The first-order chi connectivity index (χ1) is 15.2. The highest BCUT2D eigenvalue weighted by molar-refractivity contribution is 6.30. The molecule has 2 aromatic rings. The molecule has 9 heteroatoms. The molecule has 1 aliphatic heterocycles. The summed E-state index contributed by atoms with van der Waals surface area (Å²) in [6.45, 7) is -0.0647. The smallest absolute Gasteiger partial charge is 0.471 e. The number of benzene rings is 2. The maximum absolute atomic E-state index is 13.6. The standard InChI is InChI=1S/C23H21ClF3NO4/c1-31-21(29)14-4-7-20-19(10-14)28(22(30)23(25,26)27)12-15-2-5-16(24)11-18(15)17-6-3-13(17)8-9-32-20/h2,4-5,7,10-11,13,17H,3,6,8-9,12H2,1H3/t13?,17-/m0/s1. The van der Waals surface area contributed by atoms with Gasteiger partial charge in [0.2, 0.25) is 0 Å². The first kappa shape index (κ1) is 22.5. The second-order valence-electron chi connectivity index (χ2n) is 7.99. The molecule has 2 atom stereocenters. The highest BCUT2D eigenvalue weighted by Gasteiger charge is 2.44. The van der Waals surface area contributed by atoms with E-state index in [0.29, 0.717) is 27.8 Å². The topological polar surface area (TPSA) is 55.8 Å². The summed E-state index contributed by atoms with van der Waals surface area (Å²) in [7, 11) is 1.17. The number of hydrogen-bond donors (Lipinski definition) is 0. The van der Waals surface area contributed by atoms with E-state index in [2.05, 4.69) is 0 Å². The Balaban J connectivity index is 1.88. The second kappa shape index (κ2) is 8.65. The van der Waals surface area contributed by atoms with Crippen molar-refractivity contribution in [1.29, 1.82) is 0 Å². The SMILES string of the molecule is COC(=O)c1ccc2c(c1)N(C(=O)C(F)(F)F)Cc1ccc(Cl)cc1[C@H]1CCC1CCO2. The number of hydrogen-bond acceptors (Lipinski definition) is 4. The summed E-state index contributed by atoms with van der Waals surface area (Å²) in [5.74, 6) is -2.22. The van der Waals surface area contributed by atoms with Crippen LogP contribution in [0.5, 0.6) is 5.75 Å². The van der Waals surface area contributed by atoms with Crippen LogP contribution in [0.1, 0.15) is 46.7 Å². The van der Waals surface area contributed by atoms with Crippen molar-refractivity contribution in [2.75, 3.05) is 18.6 Å². The van der Waals surface area contributed by atoms with Gasteiger partial charge in [0, 0.05) is 5.02 Å².